The van der Waals surface area contributed by atoms with E-state index in [9.17, 15) is 8.42 Å². The van der Waals surface area contributed by atoms with Crippen molar-refractivity contribution < 1.29 is 45.8 Å². The van der Waals surface area contributed by atoms with Gasteiger partial charge in [0.2, 0.25) is 0 Å². The number of rotatable bonds is 27. The highest BCUT2D eigenvalue weighted by Crippen LogP contribution is 2.12. The summed E-state index contributed by atoms with van der Waals surface area (Å²) in [5.41, 5.74) is 0.981. The molecular formula is C26H46O10S. The van der Waals surface area contributed by atoms with Crippen molar-refractivity contribution in [1.82, 2.24) is 0 Å². The van der Waals surface area contributed by atoms with Gasteiger partial charge in [0.05, 0.1) is 97.4 Å². The average molecular weight is 551 g/mol. The molecule has 11 heteroatoms. The number of aryl methyl sites for hydroxylation is 1. The van der Waals surface area contributed by atoms with Gasteiger partial charge in [0, 0.05) is 6.61 Å². The van der Waals surface area contributed by atoms with Crippen LogP contribution in [0, 0.1) is 6.92 Å². The summed E-state index contributed by atoms with van der Waals surface area (Å²) in [4.78, 5) is 0.135. The lowest BCUT2D eigenvalue weighted by atomic mass is 10.2. The predicted molar refractivity (Wildman–Crippen MR) is 140 cm³/mol. The molecule has 10 nitrogen and oxygen atoms in total. The highest BCUT2D eigenvalue weighted by molar-refractivity contribution is 7.86. The second kappa shape index (κ2) is 23.9. The molecule has 0 aromatic heterocycles. The van der Waals surface area contributed by atoms with Crippen LogP contribution in [0.15, 0.2) is 29.2 Å². The molecule has 0 heterocycles. The quantitative estimate of drug-likeness (QED) is 0.120. The molecule has 0 atom stereocenters. The normalized spacial score (nSPS) is 11.8. The Morgan fingerprint density at radius 3 is 1.24 bits per heavy atom. The third-order valence-electron chi connectivity index (χ3n) is 4.90. The van der Waals surface area contributed by atoms with E-state index in [1.165, 1.54) is 25.0 Å². The zero-order valence-corrected chi connectivity index (χ0v) is 23.3. The molecule has 0 saturated heterocycles. The first-order valence-corrected chi connectivity index (χ1v) is 14.5. The van der Waals surface area contributed by atoms with E-state index in [1.807, 2.05) is 6.92 Å². The van der Waals surface area contributed by atoms with Gasteiger partial charge in [0.1, 0.15) is 0 Å². The Hall–Kier alpha value is -1.15. The highest BCUT2D eigenvalue weighted by atomic mass is 32.2. The van der Waals surface area contributed by atoms with Crippen molar-refractivity contribution in [3.63, 3.8) is 0 Å². The largest absolute Gasteiger partial charge is 0.379 e. The second-order valence-electron chi connectivity index (χ2n) is 8.08. The van der Waals surface area contributed by atoms with Gasteiger partial charge < -0.3 is 33.2 Å². The van der Waals surface area contributed by atoms with Crippen molar-refractivity contribution in [3.05, 3.63) is 29.8 Å². The Balaban J connectivity index is 1.74. The molecule has 1 rings (SSSR count). The van der Waals surface area contributed by atoms with Gasteiger partial charge in [0.15, 0.2) is 0 Å². The third-order valence-corrected chi connectivity index (χ3v) is 6.23. The average Bonchev–Trinajstić information content (AvgIpc) is 2.89. The molecule has 0 amide bonds. The maximum atomic E-state index is 12.0. The Kier molecular flexibility index (Phi) is 21.9. The molecule has 0 spiro atoms. The molecule has 0 aliphatic heterocycles. The SMILES string of the molecule is CCCCCOCCOCCOCCOCCOCCOCCOCCOS(=O)(=O)c1ccc(C)cc1. The Morgan fingerprint density at radius 1 is 0.514 bits per heavy atom. The Labute approximate surface area is 222 Å². The molecule has 0 aliphatic carbocycles. The van der Waals surface area contributed by atoms with Crippen molar-refractivity contribution in [2.75, 3.05) is 99.1 Å². The summed E-state index contributed by atoms with van der Waals surface area (Å²) < 4.78 is 67.0. The van der Waals surface area contributed by atoms with Gasteiger partial charge in [-0.2, -0.15) is 8.42 Å². The fourth-order valence-electron chi connectivity index (χ4n) is 2.85. The van der Waals surface area contributed by atoms with Crippen LogP contribution in [0.1, 0.15) is 31.7 Å². The minimum absolute atomic E-state index is 0.0488. The van der Waals surface area contributed by atoms with E-state index in [0.717, 1.165) is 18.6 Å². The van der Waals surface area contributed by atoms with Gasteiger partial charge in [-0.1, -0.05) is 37.5 Å². The van der Waals surface area contributed by atoms with Crippen molar-refractivity contribution in [2.24, 2.45) is 0 Å². The van der Waals surface area contributed by atoms with Crippen molar-refractivity contribution in [3.8, 4) is 0 Å². The monoisotopic (exact) mass is 550 g/mol. The van der Waals surface area contributed by atoms with Crippen LogP contribution >= 0.6 is 0 Å². The van der Waals surface area contributed by atoms with Crippen molar-refractivity contribution >= 4 is 10.1 Å². The Bertz CT molecular complexity index is 727. The summed E-state index contributed by atoms with van der Waals surface area (Å²) in [5, 5.41) is 0. The topological polar surface area (TPSA) is 108 Å². The number of hydrogen-bond donors (Lipinski definition) is 0. The molecule has 0 N–H and O–H groups in total. The van der Waals surface area contributed by atoms with Gasteiger partial charge in [-0.05, 0) is 25.5 Å². The molecule has 0 bridgehead atoms. The zero-order valence-electron chi connectivity index (χ0n) is 22.5. The second-order valence-corrected chi connectivity index (χ2v) is 9.70. The van der Waals surface area contributed by atoms with Gasteiger partial charge in [-0.3, -0.25) is 4.18 Å². The molecule has 1 aromatic carbocycles. The van der Waals surface area contributed by atoms with E-state index in [0.29, 0.717) is 79.3 Å². The van der Waals surface area contributed by atoms with Crippen LogP contribution in [0.4, 0.5) is 0 Å². The molecule has 0 saturated carbocycles. The van der Waals surface area contributed by atoms with Crippen LogP contribution in [0.5, 0.6) is 0 Å². The van der Waals surface area contributed by atoms with Gasteiger partial charge >= 0.3 is 0 Å². The minimum Gasteiger partial charge on any atom is -0.379 e. The molecule has 0 fully saturated rings. The lowest BCUT2D eigenvalue weighted by molar-refractivity contribution is -0.0212. The summed E-state index contributed by atoms with van der Waals surface area (Å²) in [6.45, 7) is 10.9. The molecule has 1 aromatic rings. The summed E-state index contributed by atoms with van der Waals surface area (Å²) in [6.07, 6.45) is 3.52. The molecule has 0 unspecified atom stereocenters. The predicted octanol–water partition coefficient (Wildman–Crippen LogP) is 3.01. The zero-order chi connectivity index (χ0) is 26.9. The molecule has 216 valence electrons. The van der Waals surface area contributed by atoms with Crippen LogP contribution in [0.25, 0.3) is 0 Å². The first-order chi connectivity index (χ1) is 18.1. The van der Waals surface area contributed by atoms with Crippen molar-refractivity contribution in [1.29, 1.82) is 0 Å². The number of unbranched alkanes of at least 4 members (excludes halogenated alkanes) is 2. The molecule has 0 radical (unpaired) electrons. The van der Waals surface area contributed by atoms with Crippen LogP contribution in [0.3, 0.4) is 0 Å². The third kappa shape index (κ3) is 20.5. The molecular weight excluding hydrogens is 504 g/mol. The fraction of sp³-hybridized carbons (Fsp3) is 0.769. The van der Waals surface area contributed by atoms with Crippen LogP contribution in [-0.4, -0.2) is 108 Å². The van der Waals surface area contributed by atoms with Gasteiger partial charge in [-0.15, -0.1) is 0 Å². The fourth-order valence-corrected chi connectivity index (χ4v) is 3.74. The van der Waals surface area contributed by atoms with Gasteiger partial charge in [0.25, 0.3) is 10.1 Å². The first kappa shape index (κ1) is 33.9. The number of benzene rings is 1. The van der Waals surface area contributed by atoms with E-state index >= 15 is 0 Å². The lowest BCUT2D eigenvalue weighted by Crippen LogP contribution is -2.15. The maximum absolute atomic E-state index is 12.0. The van der Waals surface area contributed by atoms with Crippen LogP contribution in [-0.2, 0) is 47.5 Å². The number of ether oxygens (including phenoxy) is 7. The van der Waals surface area contributed by atoms with E-state index in [-0.39, 0.29) is 18.1 Å². The van der Waals surface area contributed by atoms with Gasteiger partial charge in [-0.25, -0.2) is 0 Å². The standard InChI is InChI=1S/C26H46O10S/c1-3-4-5-10-29-11-12-30-13-14-31-15-16-32-17-18-33-19-20-34-21-22-35-23-24-36-37(27,28)26-8-6-25(2)7-9-26/h6-9H,3-5,10-24H2,1-2H3. The van der Waals surface area contributed by atoms with E-state index < -0.39 is 10.1 Å². The summed E-state index contributed by atoms with van der Waals surface area (Å²) in [7, 11) is -3.76. The highest BCUT2D eigenvalue weighted by Gasteiger charge is 2.14. The minimum atomic E-state index is -3.76. The molecule has 0 aliphatic rings. The summed E-state index contributed by atoms with van der Waals surface area (Å²) >= 11 is 0. The van der Waals surface area contributed by atoms with E-state index in [2.05, 4.69) is 6.92 Å². The summed E-state index contributed by atoms with van der Waals surface area (Å²) in [6, 6.07) is 6.50. The maximum Gasteiger partial charge on any atom is 0.297 e. The first-order valence-electron chi connectivity index (χ1n) is 13.1. The van der Waals surface area contributed by atoms with Crippen LogP contribution in [0.2, 0.25) is 0 Å². The van der Waals surface area contributed by atoms with E-state index in [1.54, 1.807) is 12.1 Å². The summed E-state index contributed by atoms with van der Waals surface area (Å²) in [5.74, 6) is 0. The smallest absolute Gasteiger partial charge is 0.297 e. The van der Waals surface area contributed by atoms with E-state index in [4.69, 9.17) is 37.3 Å². The Morgan fingerprint density at radius 2 is 0.865 bits per heavy atom. The van der Waals surface area contributed by atoms with Crippen LogP contribution < -0.4 is 0 Å². The van der Waals surface area contributed by atoms with Crippen molar-refractivity contribution in [2.45, 2.75) is 38.0 Å². The molecule has 37 heavy (non-hydrogen) atoms. The lowest BCUT2D eigenvalue weighted by Gasteiger charge is -2.09. The number of hydrogen-bond acceptors (Lipinski definition) is 10.